The molecule has 208 valence electrons. The highest BCUT2D eigenvalue weighted by Crippen LogP contribution is 2.39. The largest absolute Gasteiger partial charge is 0.475 e. The van der Waals surface area contributed by atoms with E-state index in [1.165, 1.54) is 12.5 Å². The van der Waals surface area contributed by atoms with E-state index in [0.717, 1.165) is 36.8 Å². The topological polar surface area (TPSA) is 96.2 Å². The van der Waals surface area contributed by atoms with E-state index in [9.17, 15) is 18.7 Å². The maximum atomic E-state index is 14.2. The average Bonchev–Trinajstić information content (AvgIpc) is 3.53. The molecule has 1 aliphatic heterocycles. The van der Waals surface area contributed by atoms with Crippen molar-refractivity contribution >= 4 is 28.9 Å². The number of aromatic carboxylic acids is 1. The van der Waals surface area contributed by atoms with Gasteiger partial charge in [-0.05, 0) is 67.3 Å². The summed E-state index contributed by atoms with van der Waals surface area (Å²) in [5, 5.41) is 13.3. The first-order valence-corrected chi connectivity index (χ1v) is 13.8. The number of carbonyl (C=O) groups is 1. The molecule has 0 bridgehead atoms. The average molecular weight is 547 g/mol. The molecule has 3 heterocycles. The Morgan fingerprint density at radius 2 is 1.85 bits per heavy atom. The van der Waals surface area contributed by atoms with Crippen molar-refractivity contribution < 1.29 is 18.7 Å². The van der Waals surface area contributed by atoms with Gasteiger partial charge in [-0.25, -0.2) is 23.5 Å². The predicted octanol–water partition coefficient (Wildman–Crippen LogP) is 6.12. The molecule has 2 N–H and O–H groups in total. The first-order valence-electron chi connectivity index (χ1n) is 13.8. The summed E-state index contributed by atoms with van der Waals surface area (Å²) in [5.74, 6) is -0.298. The number of anilines is 2. The summed E-state index contributed by atoms with van der Waals surface area (Å²) < 4.78 is 29.4. The fourth-order valence-corrected chi connectivity index (χ4v) is 5.85. The molecule has 4 aromatic rings. The number of halogens is 2. The lowest BCUT2D eigenvalue weighted by Crippen LogP contribution is -2.31. The Bertz CT molecular complexity index is 1540. The monoisotopic (exact) mass is 546 g/mol. The molecular formula is C30H32F2N6O2. The number of carboxylic acid groups (broad SMARTS) is 1. The Balaban J connectivity index is 1.50. The second-order valence-corrected chi connectivity index (χ2v) is 10.9. The van der Waals surface area contributed by atoms with Crippen LogP contribution in [0.15, 0.2) is 48.5 Å². The molecule has 0 spiro atoms. The van der Waals surface area contributed by atoms with Crippen molar-refractivity contribution in [2.75, 3.05) is 16.8 Å². The SMILES string of the molecule is C[C@@H](Nc1nc(C(=O)O)nc2nc(N3CCCC3c3cccc(F)c3)n(Cc3ccc(CF)cc3)c12)C1CCC1. The third-order valence-electron chi connectivity index (χ3n) is 8.26. The fraction of sp³-hybridized carbons (Fsp3) is 0.400. The minimum absolute atomic E-state index is 0.0935. The van der Waals surface area contributed by atoms with Gasteiger partial charge in [-0.3, -0.25) is 0 Å². The van der Waals surface area contributed by atoms with Crippen molar-refractivity contribution in [2.45, 2.75) is 64.3 Å². The summed E-state index contributed by atoms with van der Waals surface area (Å²) in [6.45, 7) is 2.65. The van der Waals surface area contributed by atoms with E-state index in [4.69, 9.17) is 4.98 Å². The predicted molar refractivity (Wildman–Crippen MR) is 149 cm³/mol. The Morgan fingerprint density at radius 1 is 1.07 bits per heavy atom. The van der Waals surface area contributed by atoms with Crippen LogP contribution in [0.5, 0.6) is 0 Å². The molecular weight excluding hydrogens is 514 g/mol. The van der Waals surface area contributed by atoms with Crippen LogP contribution in [0.4, 0.5) is 20.5 Å². The second-order valence-electron chi connectivity index (χ2n) is 10.9. The number of nitrogens with one attached hydrogen (secondary N) is 1. The highest BCUT2D eigenvalue weighted by molar-refractivity contribution is 5.92. The van der Waals surface area contributed by atoms with E-state index in [1.54, 1.807) is 24.3 Å². The van der Waals surface area contributed by atoms with Crippen LogP contribution < -0.4 is 10.2 Å². The number of aromatic nitrogens is 4. The minimum Gasteiger partial charge on any atom is -0.475 e. The van der Waals surface area contributed by atoms with Crippen molar-refractivity contribution in [3.05, 3.63) is 76.9 Å². The number of fused-ring (bicyclic) bond motifs is 1. The van der Waals surface area contributed by atoms with E-state index in [0.29, 0.717) is 41.9 Å². The summed E-state index contributed by atoms with van der Waals surface area (Å²) >= 11 is 0. The highest BCUT2D eigenvalue weighted by atomic mass is 19.1. The van der Waals surface area contributed by atoms with Gasteiger partial charge in [0.15, 0.2) is 11.5 Å². The van der Waals surface area contributed by atoms with Crippen molar-refractivity contribution in [1.82, 2.24) is 19.5 Å². The van der Waals surface area contributed by atoms with Crippen LogP contribution in [-0.4, -0.2) is 43.2 Å². The molecule has 10 heteroatoms. The lowest BCUT2D eigenvalue weighted by molar-refractivity contribution is 0.0684. The van der Waals surface area contributed by atoms with Gasteiger partial charge in [0.2, 0.25) is 11.8 Å². The molecule has 0 amide bonds. The Kier molecular flexibility index (Phi) is 7.08. The summed E-state index contributed by atoms with van der Waals surface area (Å²) in [4.78, 5) is 27.8. The normalized spacial score (nSPS) is 18.2. The third kappa shape index (κ3) is 4.98. The first-order chi connectivity index (χ1) is 19.4. The Morgan fingerprint density at radius 3 is 2.52 bits per heavy atom. The van der Waals surface area contributed by atoms with Gasteiger partial charge in [-0.15, -0.1) is 0 Å². The molecule has 2 aromatic carbocycles. The van der Waals surface area contributed by atoms with E-state index in [2.05, 4.69) is 27.1 Å². The van der Waals surface area contributed by atoms with Crippen molar-refractivity contribution in [2.24, 2.45) is 5.92 Å². The molecule has 1 aliphatic carbocycles. The molecule has 6 rings (SSSR count). The molecule has 1 unspecified atom stereocenters. The van der Waals surface area contributed by atoms with Crippen LogP contribution in [0.25, 0.3) is 11.2 Å². The molecule has 1 saturated carbocycles. The molecule has 40 heavy (non-hydrogen) atoms. The van der Waals surface area contributed by atoms with Gasteiger partial charge >= 0.3 is 5.97 Å². The van der Waals surface area contributed by atoms with Crippen LogP contribution in [0, 0.1) is 11.7 Å². The van der Waals surface area contributed by atoms with Gasteiger partial charge in [0, 0.05) is 12.6 Å². The molecule has 1 saturated heterocycles. The fourth-order valence-electron chi connectivity index (χ4n) is 5.85. The summed E-state index contributed by atoms with van der Waals surface area (Å²) in [6, 6.07) is 13.9. The van der Waals surface area contributed by atoms with Gasteiger partial charge in [-0.1, -0.05) is 42.8 Å². The number of alkyl halides is 1. The number of nitrogens with zero attached hydrogens (tertiary/aromatic N) is 5. The zero-order valence-corrected chi connectivity index (χ0v) is 22.4. The standard InChI is InChI=1S/C30H32F2N6O2/c1-18(21-5-2-6-21)33-26-25-27(35-28(34-26)29(39)40)36-30(38(25)17-20-12-10-19(16-31)11-13-20)37-14-4-9-24(37)22-7-3-8-23(32)15-22/h3,7-8,10-13,15,18,21,24H,2,4-6,9,14,16-17H2,1H3,(H,39,40)(H,33,34,35)/t18-,24?/m1/s1. The Labute approximate surface area is 231 Å². The molecule has 8 nitrogen and oxygen atoms in total. The van der Waals surface area contributed by atoms with Crippen molar-refractivity contribution in [3.63, 3.8) is 0 Å². The molecule has 2 aliphatic rings. The number of benzene rings is 2. The second kappa shape index (κ2) is 10.8. The minimum atomic E-state index is -1.22. The summed E-state index contributed by atoms with van der Waals surface area (Å²) in [7, 11) is 0. The number of imidazole rings is 1. The van der Waals surface area contributed by atoms with Gasteiger partial charge in [-0.2, -0.15) is 4.98 Å². The zero-order chi connectivity index (χ0) is 27.8. The molecule has 2 atom stereocenters. The van der Waals surface area contributed by atoms with Gasteiger partial charge in [0.1, 0.15) is 18.0 Å². The van der Waals surface area contributed by atoms with Gasteiger partial charge in [0.25, 0.3) is 0 Å². The Hall–Kier alpha value is -4.08. The van der Waals surface area contributed by atoms with E-state index in [-0.39, 0.29) is 29.4 Å². The van der Waals surface area contributed by atoms with E-state index in [1.807, 2.05) is 22.8 Å². The van der Waals surface area contributed by atoms with E-state index < -0.39 is 12.6 Å². The van der Waals surface area contributed by atoms with Crippen molar-refractivity contribution in [1.29, 1.82) is 0 Å². The van der Waals surface area contributed by atoms with Crippen LogP contribution in [0.3, 0.4) is 0 Å². The molecule has 2 aromatic heterocycles. The first kappa shape index (κ1) is 26.2. The van der Waals surface area contributed by atoms with Crippen LogP contribution in [-0.2, 0) is 13.2 Å². The zero-order valence-electron chi connectivity index (χ0n) is 22.4. The van der Waals surface area contributed by atoms with Crippen LogP contribution >= 0.6 is 0 Å². The van der Waals surface area contributed by atoms with E-state index >= 15 is 0 Å². The lowest BCUT2D eigenvalue weighted by Gasteiger charge is -2.32. The lowest BCUT2D eigenvalue weighted by atomic mass is 9.80. The number of hydrogen-bond acceptors (Lipinski definition) is 6. The van der Waals surface area contributed by atoms with Crippen LogP contribution in [0.1, 0.15) is 72.4 Å². The highest BCUT2D eigenvalue weighted by Gasteiger charge is 2.33. The molecule has 0 radical (unpaired) electrons. The van der Waals surface area contributed by atoms with Crippen molar-refractivity contribution in [3.8, 4) is 0 Å². The smallest absolute Gasteiger partial charge is 0.374 e. The summed E-state index contributed by atoms with van der Waals surface area (Å²) in [6.07, 6.45) is 5.13. The number of carboxylic acids is 1. The summed E-state index contributed by atoms with van der Waals surface area (Å²) in [5.41, 5.74) is 3.29. The number of rotatable bonds is 9. The van der Waals surface area contributed by atoms with Gasteiger partial charge < -0.3 is 19.9 Å². The van der Waals surface area contributed by atoms with Crippen LogP contribution in [0.2, 0.25) is 0 Å². The molecule has 2 fully saturated rings. The number of hydrogen-bond donors (Lipinski definition) is 2. The maximum Gasteiger partial charge on any atom is 0.374 e. The quantitative estimate of drug-likeness (QED) is 0.261. The maximum absolute atomic E-state index is 14.2. The third-order valence-corrected chi connectivity index (χ3v) is 8.26. The van der Waals surface area contributed by atoms with Gasteiger partial charge in [0.05, 0.1) is 12.6 Å².